The van der Waals surface area contributed by atoms with Crippen molar-refractivity contribution >= 4 is 17.8 Å². The highest BCUT2D eigenvalue weighted by Gasteiger charge is 2.29. The molecule has 0 aliphatic carbocycles. The molecule has 1 heterocycles. The van der Waals surface area contributed by atoms with Crippen LogP contribution in [0.25, 0.3) is 0 Å². The molecule has 5 heteroatoms. The van der Waals surface area contributed by atoms with Crippen molar-refractivity contribution in [3.05, 3.63) is 17.9 Å². The van der Waals surface area contributed by atoms with Crippen LogP contribution in [-0.4, -0.2) is 17.0 Å². The molecule has 0 aliphatic heterocycles. The van der Waals surface area contributed by atoms with Crippen molar-refractivity contribution in [2.75, 3.05) is 5.32 Å². The maximum Gasteiger partial charge on any atom is 0.316 e. The molecule has 0 bridgehead atoms. The summed E-state index contributed by atoms with van der Waals surface area (Å²) in [6.45, 7) is 5.12. The van der Waals surface area contributed by atoms with E-state index in [4.69, 9.17) is 9.52 Å². The van der Waals surface area contributed by atoms with Crippen LogP contribution in [0.2, 0.25) is 0 Å². The van der Waals surface area contributed by atoms with Crippen molar-refractivity contribution in [2.45, 2.75) is 20.8 Å². The first-order chi connectivity index (χ1) is 7.41. The van der Waals surface area contributed by atoms with Crippen LogP contribution < -0.4 is 5.32 Å². The Morgan fingerprint density at radius 2 is 2.00 bits per heavy atom. The fourth-order valence-electron chi connectivity index (χ4n) is 1.40. The van der Waals surface area contributed by atoms with Crippen LogP contribution in [-0.2, 0) is 9.59 Å². The van der Waals surface area contributed by atoms with Gasteiger partial charge in [0.05, 0.1) is 0 Å². The minimum atomic E-state index is -1.13. The van der Waals surface area contributed by atoms with Crippen LogP contribution >= 0.6 is 0 Å². The van der Waals surface area contributed by atoms with Gasteiger partial charge in [0.15, 0.2) is 5.88 Å². The summed E-state index contributed by atoms with van der Waals surface area (Å²) in [5.41, 5.74) is 0. The Bertz CT molecular complexity index is 394. The molecule has 0 aromatic carbocycles. The van der Waals surface area contributed by atoms with Crippen molar-refractivity contribution in [1.29, 1.82) is 0 Å². The third-order valence-electron chi connectivity index (χ3n) is 2.20. The van der Waals surface area contributed by atoms with Gasteiger partial charge in [0, 0.05) is 6.07 Å². The van der Waals surface area contributed by atoms with E-state index in [0.29, 0.717) is 5.76 Å². The van der Waals surface area contributed by atoms with E-state index in [9.17, 15) is 9.59 Å². The van der Waals surface area contributed by atoms with Crippen LogP contribution in [0.15, 0.2) is 16.5 Å². The van der Waals surface area contributed by atoms with Gasteiger partial charge in [-0.2, -0.15) is 0 Å². The number of carbonyl (C=O) groups is 2. The number of rotatable bonds is 4. The number of carboxylic acids is 1. The van der Waals surface area contributed by atoms with Crippen LogP contribution in [0, 0.1) is 18.8 Å². The van der Waals surface area contributed by atoms with Gasteiger partial charge in [0.1, 0.15) is 11.7 Å². The molecule has 2 N–H and O–H groups in total. The monoisotopic (exact) mass is 225 g/mol. The summed E-state index contributed by atoms with van der Waals surface area (Å²) in [5.74, 6) is -2.09. The highest BCUT2D eigenvalue weighted by atomic mass is 16.4. The second kappa shape index (κ2) is 4.83. The van der Waals surface area contributed by atoms with E-state index < -0.39 is 17.8 Å². The second-order valence-corrected chi connectivity index (χ2v) is 3.96. The molecule has 0 spiro atoms. The molecule has 1 aromatic rings. The van der Waals surface area contributed by atoms with Crippen molar-refractivity contribution in [3.8, 4) is 0 Å². The maximum atomic E-state index is 11.7. The molecule has 1 unspecified atom stereocenters. The average molecular weight is 225 g/mol. The van der Waals surface area contributed by atoms with Gasteiger partial charge in [-0.1, -0.05) is 13.8 Å². The number of anilines is 1. The zero-order valence-electron chi connectivity index (χ0n) is 9.48. The van der Waals surface area contributed by atoms with E-state index in [-0.39, 0.29) is 11.8 Å². The Labute approximate surface area is 93.4 Å². The molecule has 0 saturated carbocycles. The number of aryl methyl sites for hydroxylation is 1. The SMILES string of the molecule is Cc1ccc(NC(=O)C(C(=O)O)C(C)C)o1. The van der Waals surface area contributed by atoms with Crippen molar-refractivity contribution < 1.29 is 19.1 Å². The third kappa shape index (κ3) is 2.85. The third-order valence-corrected chi connectivity index (χ3v) is 2.20. The number of hydrogen-bond acceptors (Lipinski definition) is 3. The average Bonchev–Trinajstić information content (AvgIpc) is 2.49. The van der Waals surface area contributed by atoms with E-state index >= 15 is 0 Å². The van der Waals surface area contributed by atoms with Crippen molar-refractivity contribution in [2.24, 2.45) is 11.8 Å². The van der Waals surface area contributed by atoms with Gasteiger partial charge in [-0.25, -0.2) is 0 Å². The Morgan fingerprint density at radius 3 is 2.38 bits per heavy atom. The van der Waals surface area contributed by atoms with E-state index in [2.05, 4.69) is 5.32 Å². The summed E-state index contributed by atoms with van der Waals surface area (Å²) in [6.07, 6.45) is 0. The van der Waals surface area contributed by atoms with Crippen molar-refractivity contribution in [1.82, 2.24) is 0 Å². The number of carbonyl (C=O) groups excluding carboxylic acids is 1. The number of carboxylic acid groups (broad SMARTS) is 1. The Hall–Kier alpha value is -1.78. The molecule has 0 fully saturated rings. The molecule has 88 valence electrons. The summed E-state index contributed by atoms with van der Waals surface area (Å²) < 4.78 is 5.14. The number of nitrogens with one attached hydrogen (secondary N) is 1. The van der Waals surface area contributed by atoms with Crippen LogP contribution in [0.5, 0.6) is 0 Å². The largest absolute Gasteiger partial charge is 0.481 e. The molecule has 16 heavy (non-hydrogen) atoms. The minimum absolute atomic E-state index is 0.270. The quantitative estimate of drug-likeness (QED) is 0.767. The van der Waals surface area contributed by atoms with Crippen LogP contribution in [0.4, 0.5) is 5.88 Å². The lowest BCUT2D eigenvalue weighted by atomic mass is 9.95. The predicted molar refractivity (Wildman–Crippen MR) is 58.0 cm³/mol. The smallest absolute Gasteiger partial charge is 0.316 e. The molecular weight excluding hydrogens is 210 g/mol. The number of aliphatic carboxylic acids is 1. The molecule has 1 rings (SSSR count). The van der Waals surface area contributed by atoms with Gasteiger partial charge in [-0.3, -0.25) is 14.9 Å². The summed E-state index contributed by atoms with van der Waals surface area (Å²) in [5, 5.41) is 11.3. The highest BCUT2D eigenvalue weighted by Crippen LogP contribution is 2.17. The molecule has 1 aromatic heterocycles. The Balaban J connectivity index is 2.73. The lowest BCUT2D eigenvalue weighted by molar-refractivity contribution is -0.147. The zero-order valence-corrected chi connectivity index (χ0v) is 9.48. The summed E-state index contributed by atoms with van der Waals surface area (Å²) >= 11 is 0. The first-order valence-electron chi connectivity index (χ1n) is 5.02. The Kier molecular flexibility index (Phi) is 3.71. The summed E-state index contributed by atoms with van der Waals surface area (Å²) in [4.78, 5) is 22.5. The number of hydrogen-bond donors (Lipinski definition) is 2. The van der Waals surface area contributed by atoms with E-state index in [1.165, 1.54) is 0 Å². The van der Waals surface area contributed by atoms with Gasteiger partial charge in [0.25, 0.3) is 0 Å². The second-order valence-electron chi connectivity index (χ2n) is 3.96. The lowest BCUT2D eigenvalue weighted by Crippen LogP contribution is -2.33. The zero-order chi connectivity index (χ0) is 12.3. The summed E-state index contributed by atoms with van der Waals surface area (Å²) in [7, 11) is 0. The number of amides is 1. The fraction of sp³-hybridized carbons (Fsp3) is 0.455. The molecular formula is C11H15NO4. The lowest BCUT2D eigenvalue weighted by Gasteiger charge is -2.14. The van der Waals surface area contributed by atoms with Gasteiger partial charge < -0.3 is 9.52 Å². The molecule has 1 amide bonds. The van der Waals surface area contributed by atoms with E-state index in [1.54, 1.807) is 32.9 Å². The highest BCUT2D eigenvalue weighted by molar-refractivity contribution is 6.03. The van der Waals surface area contributed by atoms with E-state index in [1.807, 2.05) is 0 Å². The van der Waals surface area contributed by atoms with Gasteiger partial charge in [0.2, 0.25) is 5.91 Å². The molecule has 0 aliphatic rings. The normalized spacial score (nSPS) is 12.5. The Morgan fingerprint density at radius 1 is 1.38 bits per heavy atom. The molecule has 5 nitrogen and oxygen atoms in total. The fourth-order valence-corrected chi connectivity index (χ4v) is 1.40. The molecule has 0 saturated heterocycles. The summed E-state index contributed by atoms with van der Waals surface area (Å²) in [6, 6.07) is 3.28. The molecule has 0 radical (unpaired) electrons. The van der Waals surface area contributed by atoms with Crippen molar-refractivity contribution in [3.63, 3.8) is 0 Å². The minimum Gasteiger partial charge on any atom is -0.481 e. The van der Waals surface area contributed by atoms with Gasteiger partial charge in [-0.15, -0.1) is 0 Å². The number of furan rings is 1. The van der Waals surface area contributed by atoms with Gasteiger partial charge in [-0.05, 0) is 18.9 Å². The van der Waals surface area contributed by atoms with Gasteiger partial charge >= 0.3 is 5.97 Å². The molecule has 1 atom stereocenters. The topological polar surface area (TPSA) is 79.5 Å². The standard InChI is InChI=1S/C11H15NO4/c1-6(2)9(11(14)15)10(13)12-8-5-4-7(3)16-8/h4-6,9H,1-3H3,(H,12,13)(H,14,15). The van der Waals surface area contributed by atoms with E-state index in [0.717, 1.165) is 0 Å². The maximum absolute atomic E-state index is 11.7. The predicted octanol–water partition coefficient (Wildman–Crippen LogP) is 1.88. The first-order valence-corrected chi connectivity index (χ1v) is 5.02. The van der Waals surface area contributed by atoms with Crippen LogP contribution in [0.3, 0.4) is 0 Å². The first kappa shape index (κ1) is 12.3. The van der Waals surface area contributed by atoms with Crippen LogP contribution in [0.1, 0.15) is 19.6 Å².